The zero-order valence-corrected chi connectivity index (χ0v) is 55.7. The minimum Gasteiger partial charge on any atom is -0.394 e. The molecule has 1 rings (SSSR count). The predicted octanol–water partition coefficient (Wildman–Crippen LogP) is 20.6. The fraction of sp³-hybridized carbons (Fsp3) is 0.907. The second-order valence-electron chi connectivity index (χ2n) is 26.1. The third-order valence-electron chi connectivity index (χ3n) is 17.9. The zero-order chi connectivity index (χ0) is 60.7. The minimum atomic E-state index is -1.58. The van der Waals surface area contributed by atoms with Crippen LogP contribution in [0.2, 0.25) is 0 Å². The summed E-state index contributed by atoms with van der Waals surface area (Å²) in [5, 5.41) is 54.8. The molecule has 496 valence electrons. The number of carbonyl (C=O) groups is 1. The molecule has 1 aliphatic heterocycles. The zero-order valence-electron chi connectivity index (χ0n) is 55.7. The number of ether oxygens (including phenoxy) is 2. The maximum absolute atomic E-state index is 13.1. The SMILES string of the molecule is CCCCCCCCCCCCCCCCCCCCCC/C=C/CC/C=C/CC/C=C/C(O)C(COC1OC(CO)C(O)C(O)C1O)NC(=O)CCCCCCCCCCCCCCCCCCCCCCCCCCCCCCCCC. The Kier molecular flexibility index (Phi) is 61.7. The summed E-state index contributed by atoms with van der Waals surface area (Å²) < 4.78 is 11.3. The maximum Gasteiger partial charge on any atom is 0.220 e. The number of allylic oxidation sites excluding steroid dienone is 5. The average molecular weight is 1190 g/mol. The molecule has 0 aromatic carbocycles. The van der Waals surface area contributed by atoms with Crippen LogP contribution in [0.4, 0.5) is 0 Å². The number of amides is 1. The lowest BCUT2D eigenvalue weighted by Crippen LogP contribution is -2.60. The highest BCUT2D eigenvalue weighted by atomic mass is 16.7. The summed E-state index contributed by atoms with van der Waals surface area (Å²) in [5.41, 5.74) is 0. The number of nitrogens with one attached hydrogen (secondary N) is 1. The molecule has 1 heterocycles. The molecule has 0 aromatic rings. The van der Waals surface area contributed by atoms with Crippen LogP contribution in [-0.2, 0) is 14.3 Å². The van der Waals surface area contributed by atoms with Gasteiger partial charge in [0.15, 0.2) is 6.29 Å². The van der Waals surface area contributed by atoms with Crippen molar-refractivity contribution in [3.8, 4) is 0 Å². The summed E-state index contributed by atoms with van der Waals surface area (Å²) in [6, 6.07) is -0.828. The Morgan fingerprint density at radius 1 is 0.393 bits per heavy atom. The molecule has 0 bridgehead atoms. The number of aliphatic hydroxyl groups excluding tert-OH is 5. The highest BCUT2D eigenvalue weighted by Gasteiger charge is 2.44. The molecule has 1 saturated heterocycles. The Balaban J connectivity index is 2.13. The monoisotopic (exact) mass is 1190 g/mol. The first kappa shape index (κ1) is 80.4. The lowest BCUT2D eigenvalue weighted by Gasteiger charge is -2.40. The Labute approximate surface area is 521 Å². The number of carbonyl (C=O) groups excluding carboxylic acids is 1. The molecule has 6 N–H and O–H groups in total. The molecule has 1 fully saturated rings. The van der Waals surface area contributed by atoms with E-state index in [0.717, 1.165) is 44.9 Å². The van der Waals surface area contributed by atoms with Crippen molar-refractivity contribution in [3.63, 3.8) is 0 Å². The van der Waals surface area contributed by atoms with Gasteiger partial charge in [-0.25, -0.2) is 0 Å². The smallest absolute Gasteiger partial charge is 0.220 e. The van der Waals surface area contributed by atoms with Crippen LogP contribution in [-0.4, -0.2) is 87.5 Å². The molecule has 84 heavy (non-hydrogen) atoms. The summed E-state index contributed by atoms with van der Waals surface area (Å²) in [5.74, 6) is -0.182. The lowest BCUT2D eigenvalue weighted by atomic mass is 9.99. The van der Waals surface area contributed by atoms with Crippen molar-refractivity contribution in [3.05, 3.63) is 36.5 Å². The van der Waals surface area contributed by atoms with Crippen LogP contribution in [0.15, 0.2) is 36.5 Å². The molecule has 9 nitrogen and oxygen atoms in total. The quantitative estimate of drug-likeness (QED) is 0.0261. The van der Waals surface area contributed by atoms with E-state index in [2.05, 4.69) is 43.5 Å². The third-order valence-corrected chi connectivity index (χ3v) is 17.9. The summed E-state index contributed by atoms with van der Waals surface area (Å²) in [7, 11) is 0. The van der Waals surface area contributed by atoms with E-state index in [4.69, 9.17) is 9.47 Å². The first-order valence-corrected chi connectivity index (χ1v) is 37.2. The van der Waals surface area contributed by atoms with Gasteiger partial charge in [0.1, 0.15) is 24.4 Å². The van der Waals surface area contributed by atoms with Gasteiger partial charge in [-0.1, -0.05) is 365 Å². The summed E-state index contributed by atoms with van der Waals surface area (Å²) in [4.78, 5) is 13.1. The van der Waals surface area contributed by atoms with E-state index in [9.17, 15) is 30.3 Å². The Bertz CT molecular complexity index is 1420. The molecule has 7 atom stereocenters. The molecule has 0 radical (unpaired) electrons. The number of hydrogen-bond acceptors (Lipinski definition) is 8. The lowest BCUT2D eigenvalue weighted by molar-refractivity contribution is -0.302. The fourth-order valence-corrected chi connectivity index (χ4v) is 12.1. The second-order valence-corrected chi connectivity index (χ2v) is 26.1. The van der Waals surface area contributed by atoms with Crippen molar-refractivity contribution in [1.29, 1.82) is 0 Å². The Morgan fingerprint density at radius 3 is 1.00 bits per heavy atom. The van der Waals surface area contributed by atoms with Crippen LogP contribution < -0.4 is 5.32 Å². The van der Waals surface area contributed by atoms with E-state index >= 15 is 0 Å². The molecule has 0 aromatic heterocycles. The fourth-order valence-electron chi connectivity index (χ4n) is 12.1. The van der Waals surface area contributed by atoms with Gasteiger partial charge in [0.2, 0.25) is 5.91 Å². The third kappa shape index (κ3) is 52.4. The van der Waals surface area contributed by atoms with E-state index in [1.807, 2.05) is 6.08 Å². The van der Waals surface area contributed by atoms with Crippen molar-refractivity contribution in [1.82, 2.24) is 5.32 Å². The first-order valence-electron chi connectivity index (χ1n) is 37.2. The van der Waals surface area contributed by atoms with E-state index in [0.29, 0.717) is 6.42 Å². The highest BCUT2D eigenvalue weighted by Crippen LogP contribution is 2.24. The molecule has 0 aliphatic carbocycles. The van der Waals surface area contributed by atoms with Gasteiger partial charge in [-0.3, -0.25) is 4.79 Å². The molecular weight excluding hydrogens is 1040 g/mol. The standard InChI is InChI=1S/C75H143NO8/c1-3-5-7-9-11-13-15-17-19-21-23-25-27-29-31-33-35-37-39-41-43-45-47-49-51-53-55-57-59-61-63-65-71(79)76-68(67-83-75-74(82)73(81)72(80)70(66-77)84-75)69(78)64-62-60-58-56-54-52-50-48-46-44-42-40-38-36-34-32-30-28-26-24-22-20-18-16-14-12-10-8-6-4-2/h46,48,54,56,62,64,68-70,72-75,77-78,80-82H,3-45,47,49-53,55,57-61,63,65-67H2,1-2H3,(H,76,79)/b48-46+,56-54+,64-62+. The van der Waals surface area contributed by atoms with Crippen molar-refractivity contribution >= 4 is 5.91 Å². The molecule has 7 unspecified atom stereocenters. The summed E-state index contributed by atoms with van der Waals surface area (Å²) in [6.07, 6.45) is 80.0. The minimum absolute atomic E-state index is 0.182. The van der Waals surface area contributed by atoms with Crippen LogP contribution in [0.25, 0.3) is 0 Å². The number of aliphatic hydroxyl groups is 5. The van der Waals surface area contributed by atoms with Gasteiger partial charge >= 0.3 is 0 Å². The van der Waals surface area contributed by atoms with Crippen LogP contribution in [0, 0.1) is 0 Å². The van der Waals surface area contributed by atoms with Crippen molar-refractivity contribution < 1.29 is 39.8 Å². The molecule has 0 spiro atoms. The van der Waals surface area contributed by atoms with Gasteiger partial charge in [0, 0.05) is 6.42 Å². The summed E-state index contributed by atoms with van der Waals surface area (Å²) >= 11 is 0. The van der Waals surface area contributed by atoms with Crippen molar-refractivity contribution in [2.45, 2.75) is 423 Å². The van der Waals surface area contributed by atoms with Gasteiger partial charge in [-0.05, 0) is 44.9 Å². The van der Waals surface area contributed by atoms with Gasteiger partial charge in [0.05, 0.1) is 25.4 Å². The van der Waals surface area contributed by atoms with Gasteiger partial charge in [-0.2, -0.15) is 0 Å². The average Bonchev–Trinajstić information content (AvgIpc) is 3.70. The number of unbranched alkanes of at least 4 members (excludes halogenated alkanes) is 52. The van der Waals surface area contributed by atoms with Crippen LogP contribution in [0.3, 0.4) is 0 Å². The second kappa shape index (κ2) is 64.4. The van der Waals surface area contributed by atoms with Crippen LogP contribution in [0.5, 0.6) is 0 Å². The normalized spacial score (nSPS) is 18.3. The molecule has 0 saturated carbocycles. The maximum atomic E-state index is 13.1. The van der Waals surface area contributed by atoms with Gasteiger partial charge in [0.25, 0.3) is 0 Å². The topological polar surface area (TPSA) is 149 Å². The molecule has 9 heteroatoms. The van der Waals surface area contributed by atoms with E-state index < -0.39 is 49.5 Å². The van der Waals surface area contributed by atoms with Gasteiger partial charge < -0.3 is 40.3 Å². The Hall–Kier alpha value is -1.59. The number of rotatable bonds is 66. The molecular formula is C75H143NO8. The van der Waals surface area contributed by atoms with Crippen LogP contribution >= 0.6 is 0 Å². The highest BCUT2D eigenvalue weighted by molar-refractivity contribution is 5.76. The van der Waals surface area contributed by atoms with Crippen LogP contribution in [0.1, 0.15) is 380 Å². The van der Waals surface area contributed by atoms with E-state index in [1.165, 1.54) is 315 Å². The van der Waals surface area contributed by atoms with Gasteiger partial charge in [-0.15, -0.1) is 0 Å². The van der Waals surface area contributed by atoms with E-state index in [-0.39, 0.29) is 12.5 Å². The van der Waals surface area contributed by atoms with Crippen molar-refractivity contribution in [2.24, 2.45) is 0 Å². The Morgan fingerprint density at radius 2 is 0.679 bits per heavy atom. The summed E-state index contributed by atoms with van der Waals surface area (Å²) in [6.45, 7) is 3.82. The predicted molar refractivity (Wildman–Crippen MR) is 360 cm³/mol. The largest absolute Gasteiger partial charge is 0.394 e. The first-order chi connectivity index (χ1) is 41.3. The molecule has 1 amide bonds. The number of hydrogen-bond donors (Lipinski definition) is 6. The van der Waals surface area contributed by atoms with E-state index in [1.54, 1.807) is 6.08 Å². The molecule has 1 aliphatic rings. The van der Waals surface area contributed by atoms with Crippen molar-refractivity contribution in [2.75, 3.05) is 13.2 Å².